The molecule has 0 unspecified atom stereocenters. The van der Waals surface area contributed by atoms with Crippen LogP contribution in [-0.4, -0.2) is 42.1 Å². The Morgan fingerprint density at radius 1 is 0.828 bits per heavy atom. The predicted molar refractivity (Wildman–Crippen MR) is 111 cm³/mol. The summed E-state index contributed by atoms with van der Waals surface area (Å²) in [6.07, 6.45) is -1.41. The molecule has 1 atom stereocenters. The van der Waals surface area contributed by atoms with E-state index in [2.05, 4.69) is 0 Å². The molecule has 0 aliphatic heterocycles. The van der Waals surface area contributed by atoms with E-state index in [0.717, 1.165) is 22.1 Å². The largest absolute Gasteiger partial charge is 0.497 e. The SMILES string of the molecule is COc1ccc2cc(C[C@H](OS(=O)(=O)c3ccccc3)C(OC)OC)ccc2c1. The van der Waals surface area contributed by atoms with Gasteiger partial charge in [-0.15, -0.1) is 0 Å². The zero-order valence-corrected chi connectivity index (χ0v) is 17.4. The molecule has 3 aromatic carbocycles. The quantitative estimate of drug-likeness (QED) is 0.390. The molecule has 6 nitrogen and oxygen atoms in total. The van der Waals surface area contributed by atoms with Gasteiger partial charge in [-0.05, 0) is 40.6 Å². The van der Waals surface area contributed by atoms with Gasteiger partial charge in [0.15, 0.2) is 6.29 Å². The minimum atomic E-state index is -3.97. The van der Waals surface area contributed by atoms with Gasteiger partial charge in [0.25, 0.3) is 10.1 Å². The third-order valence-electron chi connectivity index (χ3n) is 4.60. The topological polar surface area (TPSA) is 71.1 Å². The molecule has 0 heterocycles. The second kappa shape index (κ2) is 9.37. The fourth-order valence-corrected chi connectivity index (χ4v) is 4.23. The highest BCUT2D eigenvalue weighted by molar-refractivity contribution is 7.86. The van der Waals surface area contributed by atoms with Gasteiger partial charge in [0, 0.05) is 20.6 Å². The summed E-state index contributed by atoms with van der Waals surface area (Å²) < 4.78 is 46.8. The van der Waals surface area contributed by atoms with Crippen LogP contribution in [0.5, 0.6) is 5.75 Å². The molecule has 0 spiro atoms. The Hall–Kier alpha value is -2.45. The lowest BCUT2D eigenvalue weighted by Gasteiger charge is -2.24. The van der Waals surface area contributed by atoms with Gasteiger partial charge in [-0.25, -0.2) is 0 Å². The smallest absolute Gasteiger partial charge is 0.297 e. The zero-order valence-electron chi connectivity index (χ0n) is 16.6. The van der Waals surface area contributed by atoms with Crippen LogP contribution in [0.3, 0.4) is 0 Å². The summed E-state index contributed by atoms with van der Waals surface area (Å²) in [5.41, 5.74) is 0.898. The number of hydrogen-bond acceptors (Lipinski definition) is 6. The third-order valence-corrected chi connectivity index (χ3v) is 5.95. The van der Waals surface area contributed by atoms with Crippen LogP contribution >= 0.6 is 0 Å². The molecule has 154 valence electrons. The average Bonchev–Trinajstić information content (AvgIpc) is 2.74. The maximum absolute atomic E-state index is 12.7. The normalized spacial score (nSPS) is 13.0. The van der Waals surface area contributed by atoms with Crippen LogP contribution in [0.2, 0.25) is 0 Å². The molecule has 7 heteroatoms. The molecule has 0 amide bonds. The van der Waals surface area contributed by atoms with Crippen molar-refractivity contribution in [1.29, 1.82) is 0 Å². The minimum absolute atomic E-state index is 0.0848. The maximum atomic E-state index is 12.7. The Kier molecular flexibility index (Phi) is 6.87. The molecule has 0 fully saturated rings. The highest BCUT2D eigenvalue weighted by Gasteiger charge is 2.29. The molecule has 0 aliphatic rings. The van der Waals surface area contributed by atoms with Gasteiger partial charge in [0.05, 0.1) is 12.0 Å². The number of ether oxygens (including phenoxy) is 3. The Morgan fingerprint density at radius 3 is 2.14 bits per heavy atom. The second-order valence-electron chi connectivity index (χ2n) is 6.49. The Balaban J connectivity index is 1.88. The monoisotopic (exact) mass is 416 g/mol. The van der Waals surface area contributed by atoms with E-state index in [1.807, 2.05) is 36.4 Å². The van der Waals surface area contributed by atoms with E-state index in [0.29, 0.717) is 6.42 Å². The summed E-state index contributed by atoms with van der Waals surface area (Å²) >= 11 is 0. The van der Waals surface area contributed by atoms with Gasteiger partial charge in [0.2, 0.25) is 0 Å². The van der Waals surface area contributed by atoms with E-state index in [-0.39, 0.29) is 4.90 Å². The van der Waals surface area contributed by atoms with Gasteiger partial charge in [0.1, 0.15) is 11.9 Å². The fraction of sp³-hybridized carbons (Fsp3) is 0.273. The Morgan fingerprint density at radius 2 is 1.48 bits per heavy atom. The van der Waals surface area contributed by atoms with Crippen LogP contribution < -0.4 is 4.74 Å². The first-order valence-electron chi connectivity index (χ1n) is 9.07. The molecule has 3 aromatic rings. The highest BCUT2D eigenvalue weighted by atomic mass is 32.2. The van der Waals surface area contributed by atoms with Crippen molar-refractivity contribution < 1.29 is 26.8 Å². The van der Waals surface area contributed by atoms with Crippen molar-refractivity contribution in [2.24, 2.45) is 0 Å². The number of methoxy groups -OCH3 is 3. The van der Waals surface area contributed by atoms with Crippen LogP contribution in [0.25, 0.3) is 10.8 Å². The molecule has 0 saturated carbocycles. The molecule has 0 bridgehead atoms. The van der Waals surface area contributed by atoms with Gasteiger partial charge in [-0.3, -0.25) is 4.18 Å². The van der Waals surface area contributed by atoms with Gasteiger partial charge < -0.3 is 14.2 Å². The summed E-state index contributed by atoms with van der Waals surface area (Å²) in [7, 11) is 0.554. The van der Waals surface area contributed by atoms with E-state index in [1.54, 1.807) is 25.3 Å². The Labute approximate surface area is 171 Å². The van der Waals surface area contributed by atoms with Crippen LogP contribution in [0.4, 0.5) is 0 Å². The number of benzene rings is 3. The molecule has 0 N–H and O–H groups in total. The molecule has 3 rings (SSSR count). The van der Waals surface area contributed by atoms with Crippen LogP contribution in [0.15, 0.2) is 71.6 Å². The molecule has 0 radical (unpaired) electrons. The first kappa shape index (κ1) is 21.3. The predicted octanol–water partition coefficient (Wildman–Crippen LogP) is 3.78. The fourth-order valence-electron chi connectivity index (χ4n) is 3.14. The van der Waals surface area contributed by atoms with Crippen molar-refractivity contribution in [3.63, 3.8) is 0 Å². The summed E-state index contributed by atoms with van der Waals surface area (Å²) in [4.78, 5) is 0.0848. The number of rotatable bonds is 9. The van der Waals surface area contributed by atoms with Crippen molar-refractivity contribution in [3.05, 3.63) is 72.3 Å². The molecule has 29 heavy (non-hydrogen) atoms. The standard InChI is InChI=1S/C22H24O6S/c1-25-19-12-11-17-13-16(9-10-18(17)15-19)14-21(22(26-2)27-3)28-29(23,24)20-7-5-4-6-8-20/h4-13,15,21-22H,14H2,1-3H3/t21-/m0/s1. The number of fused-ring (bicyclic) bond motifs is 1. The first-order valence-corrected chi connectivity index (χ1v) is 10.5. The van der Waals surface area contributed by atoms with Crippen molar-refractivity contribution in [1.82, 2.24) is 0 Å². The van der Waals surface area contributed by atoms with E-state index in [1.165, 1.54) is 26.4 Å². The highest BCUT2D eigenvalue weighted by Crippen LogP contribution is 2.25. The average molecular weight is 416 g/mol. The van der Waals surface area contributed by atoms with Gasteiger partial charge in [-0.1, -0.05) is 42.5 Å². The van der Waals surface area contributed by atoms with E-state index in [4.69, 9.17) is 18.4 Å². The van der Waals surface area contributed by atoms with Crippen molar-refractivity contribution in [3.8, 4) is 5.75 Å². The molecule has 0 saturated heterocycles. The van der Waals surface area contributed by atoms with E-state index >= 15 is 0 Å². The number of hydrogen-bond donors (Lipinski definition) is 0. The lowest BCUT2D eigenvalue weighted by Crippen LogP contribution is -2.36. The lowest BCUT2D eigenvalue weighted by atomic mass is 10.0. The molecular formula is C22H24O6S. The first-order chi connectivity index (χ1) is 14.0. The van der Waals surface area contributed by atoms with Gasteiger partial charge >= 0.3 is 0 Å². The second-order valence-corrected chi connectivity index (χ2v) is 8.07. The summed E-state index contributed by atoms with van der Waals surface area (Å²) in [6, 6.07) is 19.7. The molecule has 0 aliphatic carbocycles. The van der Waals surface area contributed by atoms with Crippen molar-refractivity contribution >= 4 is 20.9 Å². The maximum Gasteiger partial charge on any atom is 0.297 e. The van der Waals surface area contributed by atoms with Crippen LogP contribution in [0.1, 0.15) is 5.56 Å². The van der Waals surface area contributed by atoms with Crippen molar-refractivity contribution in [2.45, 2.75) is 23.7 Å². The molecule has 0 aromatic heterocycles. The third kappa shape index (κ3) is 5.13. The van der Waals surface area contributed by atoms with Crippen LogP contribution in [0, 0.1) is 0 Å². The lowest BCUT2D eigenvalue weighted by molar-refractivity contribution is -0.154. The molecular weight excluding hydrogens is 392 g/mol. The zero-order chi connectivity index (χ0) is 20.9. The summed E-state index contributed by atoms with van der Waals surface area (Å²) in [6.45, 7) is 0. The van der Waals surface area contributed by atoms with E-state index < -0.39 is 22.5 Å². The minimum Gasteiger partial charge on any atom is -0.497 e. The summed E-state index contributed by atoms with van der Waals surface area (Å²) in [5, 5.41) is 2.04. The van der Waals surface area contributed by atoms with Crippen molar-refractivity contribution in [2.75, 3.05) is 21.3 Å². The summed E-state index contributed by atoms with van der Waals surface area (Å²) in [5.74, 6) is 0.777. The van der Waals surface area contributed by atoms with Crippen LogP contribution in [-0.2, 0) is 30.2 Å². The van der Waals surface area contributed by atoms with Gasteiger partial charge in [-0.2, -0.15) is 8.42 Å². The Bertz CT molecular complexity index is 1050. The van der Waals surface area contributed by atoms with E-state index in [9.17, 15) is 8.42 Å².